The summed E-state index contributed by atoms with van der Waals surface area (Å²) in [6.45, 7) is 2.43. The highest BCUT2D eigenvalue weighted by molar-refractivity contribution is 7.13. The smallest absolute Gasteiger partial charge is 0.252 e. The minimum absolute atomic E-state index is 0.131. The zero-order valence-electron chi connectivity index (χ0n) is 17.8. The molecule has 0 spiro atoms. The third-order valence-corrected chi connectivity index (χ3v) is 6.00. The summed E-state index contributed by atoms with van der Waals surface area (Å²) in [5.41, 5.74) is 5.28. The molecule has 0 saturated carbocycles. The van der Waals surface area contributed by atoms with Crippen molar-refractivity contribution in [2.24, 2.45) is 7.05 Å². The predicted octanol–water partition coefficient (Wildman–Crippen LogP) is 4.71. The molecule has 1 N–H and O–H groups in total. The van der Waals surface area contributed by atoms with E-state index in [0.29, 0.717) is 12.1 Å². The lowest BCUT2D eigenvalue weighted by molar-refractivity contribution is 0.0951. The average molecular weight is 433 g/mol. The van der Waals surface area contributed by atoms with E-state index >= 15 is 0 Å². The molecule has 0 atom stereocenters. The molecular weight excluding hydrogens is 408 g/mol. The number of benzene rings is 2. The molecule has 1 amide bonds. The molecule has 2 aromatic carbocycles. The number of nitrogens with one attached hydrogen (secondary N) is 1. The number of carbonyl (C=O) groups excluding carboxylic acids is 1. The largest absolute Gasteiger partial charge is 0.497 e. The molecule has 0 fully saturated rings. The Morgan fingerprint density at radius 3 is 2.61 bits per heavy atom. The highest BCUT2D eigenvalue weighted by Crippen LogP contribution is 2.27. The number of methoxy groups -OCH3 is 1. The van der Waals surface area contributed by atoms with E-state index in [-0.39, 0.29) is 5.91 Å². The Morgan fingerprint density at radius 2 is 1.90 bits per heavy atom. The number of hydrogen-bond donors (Lipinski definition) is 1. The normalized spacial score (nSPS) is 10.8. The summed E-state index contributed by atoms with van der Waals surface area (Å²) in [5, 5.41) is 10.4. The molecule has 0 bridgehead atoms. The minimum atomic E-state index is -0.131. The maximum Gasteiger partial charge on any atom is 0.252 e. The van der Waals surface area contributed by atoms with E-state index in [0.717, 1.165) is 45.4 Å². The maximum absolute atomic E-state index is 13.0. The van der Waals surface area contributed by atoms with Gasteiger partial charge in [0, 0.05) is 29.1 Å². The van der Waals surface area contributed by atoms with E-state index in [2.05, 4.69) is 22.3 Å². The molecule has 0 aliphatic rings. The first-order valence-electron chi connectivity index (χ1n) is 10.1. The molecule has 0 unspecified atom stereocenters. The van der Waals surface area contributed by atoms with Crippen molar-refractivity contribution in [3.63, 3.8) is 0 Å². The van der Waals surface area contributed by atoms with Gasteiger partial charge in [0.15, 0.2) is 0 Å². The van der Waals surface area contributed by atoms with Crippen LogP contribution < -0.4 is 10.1 Å². The molecule has 0 aliphatic heterocycles. The van der Waals surface area contributed by atoms with Crippen molar-refractivity contribution >= 4 is 17.2 Å². The molecule has 4 rings (SSSR count). The van der Waals surface area contributed by atoms with Gasteiger partial charge in [-0.3, -0.25) is 9.48 Å². The summed E-state index contributed by atoms with van der Waals surface area (Å²) in [6, 6.07) is 17.4. The van der Waals surface area contributed by atoms with Crippen LogP contribution in [0.15, 0.2) is 60.0 Å². The SMILES string of the molecule is CCc1cc(-c2ccccc2C(=O)NCc2csc(-c3ccc(OC)cc3)n2)n(C)n1. The number of aryl methyl sites for hydroxylation is 2. The quantitative estimate of drug-likeness (QED) is 0.459. The van der Waals surface area contributed by atoms with Gasteiger partial charge in [0.1, 0.15) is 10.8 Å². The van der Waals surface area contributed by atoms with Gasteiger partial charge in [-0.25, -0.2) is 4.98 Å². The fourth-order valence-electron chi connectivity index (χ4n) is 3.38. The first-order valence-corrected chi connectivity index (χ1v) is 11.0. The minimum Gasteiger partial charge on any atom is -0.497 e. The number of thiazole rings is 1. The van der Waals surface area contributed by atoms with Crippen LogP contribution in [0.5, 0.6) is 5.75 Å². The van der Waals surface area contributed by atoms with Crippen LogP contribution in [0.2, 0.25) is 0 Å². The van der Waals surface area contributed by atoms with Crippen molar-refractivity contribution < 1.29 is 9.53 Å². The summed E-state index contributed by atoms with van der Waals surface area (Å²) in [6.07, 6.45) is 0.850. The standard InChI is InChI=1S/C24H24N4O2S/c1-4-17-13-22(28(2)27-17)20-7-5-6-8-21(20)23(29)25-14-18-15-31-24(26-18)16-9-11-19(30-3)12-10-16/h5-13,15H,4,14H2,1-3H3,(H,25,29). The van der Waals surface area contributed by atoms with Crippen LogP contribution in [0, 0.1) is 0 Å². The van der Waals surface area contributed by atoms with Gasteiger partial charge in [0.05, 0.1) is 30.7 Å². The van der Waals surface area contributed by atoms with Crippen molar-refractivity contribution in [2.45, 2.75) is 19.9 Å². The summed E-state index contributed by atoms with van der Waals surface area (Å²) in [5.74, 6) is 0.680. The summed E-state index contributed by atoms with van der Waals surface area (Å²) >= 11 is 1.56. The Morgan fingerprint density at radius 1 is 1.13 bits per heavy atom. The monoisotopic (exact) mass is 432 g/mol. The summed E-state index contributed by atoms with van der Waals surface area (Å²) in [7, 11) is 3.55. The Bertz CT molecular complexity index is 1190. The van der Waals surface area contributed by atoms with Crippen molar-refractivity contribution in [3.8, 4) is 27.6 Å². The molecule has 2 aromatic heterocycles. The second kappa shape index (κ2) is 9.14. The number of rotatable bonds is 7. The molecule has 31 heavy (non-hydrogen) atoms. The van der Waals surface area contributed by atoms with Crippen LogP contribution >= 0.6 is 11.3 Å². The van der Waals surface area contributed by atoms with Gasteiger partial charge in [-0.15, -0.1) is 11.3 Å². The summed E-state index contributed by atoms with van der Waals surface area (Å²) < 4.78 is 7.03. The number of ether oxygens (including phenoxy) is 1. The lowest BCUT2D eigenvalue weighted by Crippen LogP contribution is -2.23. The second-order valence-electron chi connectivity index (χ2n) is 7.10. The molecule has 7 heteroatoms. The Kier molecular flexibility index (Phi) is 6.13. The maximum atomic E-state index is 13.0. The van der Waals surface area contributed by atoms with Crippen LogP contribution in [0.25, 0.3) is 21.8 Å². The lowest BCUT2D eigenvalue weighted by Gasteiger charge is -2.10. The zero-order chi connectivity index (χ0) is 21.8. The number of amides is 1. The van der Waals surface area contributed by atoms with Crippen molar-refractivity contribution in [1.29, 1.82) is 0 Å². The van der Waals surface area contributed by atoms with Gasteiger partial charge in [-0.1, -0.05) is 25.1 Å². The summed E-state index contributed by atoms with van der Waals surface area (Å²) in [4.78, 5) is 17.6. The molecule has 0 aliphatic carbocycles. The first kappa shape index (κ1) is 20.8. The van der Waals surface area contributed by atoms with Gasteiger partial charge in [-0.05, 0) is 42.8 Å². The molecular formula is C24H24N4O2S. The van der Waals surface area contributed by atoms with Crippen molar-refractivity contribution in [1.82, 2.24) is 20.1 Å². The van der Waals surface area contributed by atoms with Gasteiger partial charge < -0.3 is 10.1 Å². The average Bonchev–Trinajstić information content (AvgIpc) is 3.44. The third kappa shape index (κ3) is 4.51. The molecule has 2 heterocycles. The topological polar surface area (TPSA) is 69.0 Å². The van der Waals surface area contributed by atoms with Crippen LogP contribution in [0.1, 0.15) is 28.7 Å². The molecule has 158 valence electrons. The highest BCUT2D eigenvalue weighted by Gasteiger charge is 2.16. The van der Waals surface area contributed by atoms with E-state index in [1.54, 1.807) is 18.4 Å². The zero-order valence-corrected chi connectivity index (χ0v) is 18.6. The van der Waals surface area contributed by atoms with Crippen LogP contribution in [-0.2, 0) is 20.0 Å². The van der Waals surface area contributed by atoms with E-state index in [1.165, 1.54) is 0 Å². The number of nitrogens with zero attached hydrogens (tertiary/aromatic N) is 3. The fourth-order valence-corrected chi connectivity index (χ4v) is 4.20. The van der Waals surface area contributed by atoms with Gasteiger partial charge >= 0.3 is 0 Å². The van der Waals surface area contributed by atoms with E-state index in [4.69, 9.17) is 4.74 Å². The van der Waals surface area contributed by atoms with E-state index in [9.17, 15) is 4.79 Å². The van der Waals surface area contributed by atoms with Gasteiger partial charge in [-0.2, -0.15) is 5.10 Å². The number of aromatic nitrogens is 3. The van der Waals surface area contributed by atoms with Crippen molar-refractivity contribution in [2.75, 3.05) is 7.11 Å². The molecule has 0 saturated heterocycles. The molecule has 6 nitrogen and oxygen atoms in total. The van der Waals surface area contributed by atoms with Crippen LogP contribution in [0.3, 0.4) is 0 Å². The van der Waals surface area contributed by atoms with E-state index < -0.39 is 0 Å². The van der Waals surface area contributed by atoms with E-state index in [1.807, 2.05) is 71.7 Å². The number of hydrogen-bond acceptors (Lipinski definition) is 5. The number of carbonyl (C=O) groups is 1. The van der Waals surface area contributed by atoms with Crippen molar-refractivity contribution in [3.05, 3.63) is 76.9 Å². The fraction of sp³-hybridized carbons (Fsp3) is 0.208. The van der Waals surface area contributed by atoms with Gasteiger partial charge in [0.2, 0.25) is 0 Å². The Balaban J connectivity index is 1.48. The van der Waals surface area contributed by atoms with Gasteiger partial charge in [0.25, 0.3) is 5.91 Å². The second-order valence-corrected chi connectivity index (χ2v) is 7.96. The molecule has 0 radical (unpaired) electrons. The first-order chi connectivity index (χ1) is 15.1. The Labute approximate surface area is 185 Å². The highest BCUT2D eigenvalue weighted by atomic mass is 32.1. The third-order valence-electron chi connectivity index (χ3n) is 5.06. The Hall–Kier alpha value is -3.45. The predicted molar refractivity (Wildman–Crippen MR) is 123 cm³/mol. The van der Waals surface area contributed by atoms with Crippen LogP contribution in [-0.4, -0.2) is 27.8 Å². The molecule has 4 aromatic rings. The van der Waals surface area contributed by atoms with Crippen LogP contribution in [0.4, 0.5) is 0 Å². The lowest BCUT2D eigenvalue weighted by atomic mass is 10.0.